The van der Waals surface area contributed by atoms with Gasteiger partial charge in [-0.1, -0.05) is 41.3 Å². The number of allylic oxidation sites excluding steroid dienone is 2. The van der Waals surface area contributed by atoms with Crippen LogP contribution in [0.2, 0.25) is 0 Å². The zero-order valence-electron chi connectivity index (χ0n) is 19.8. The van der Waals surface area contributed by atoms with Crippen molar-refractivity contribution in [3.05, 3.63) is 39.3 Å². The lowest BCUT2D eigenvalue weighted by molar-refractivity contribution is -0.141. The van der Waals surface area contributed by atoms with Crippen LogP contribution in [0.5, 0.6) is 5.75 Å². The maximum atomic E-state index is 13.5. The SMILES string of the molecule is CCCC1=C2B(O)O[C@H](c3cc(Br)ccc3O)C[C@H]2[C@H]2C(=O)N(CCCCCC(=O)O)C(=O)[C@H]2C1. The van der Waals surface area contributed by atoms with E-state index in [1.54, 1.807) is 18.2 Å². The third-order valence-electron chi connectivity index (χ3n) is 7.46. The minimum absolute atomic E-state index is 0.0517. The zero-order chi connectivity index (χ0) is 25.3. The molecule has 8 nitrogen and oxygen atoms in total. The third-order valence-corrected chi connectivity index (χ3v) is 7.96. The van der Waals surface area contributed by atoms with E-state index < -0.39 is 31.0 Å². The number of halogens is 1. The quantitative estimate of drug-likeness (QED) is 0.242. The van der Waals surface area contributed by atoms with Crippen molar-refractivity contribution in [1.29, 1.82) is 0 Å². The van der Waals surface area contributed by atoms with Gasteiger partial charge in [0.15, 0.2) is 0 Å². The summed E-state index contributed by atoms with van der Waals surface area (Å²) in [5, 5.41) is 30.3. The number of imide groups is 1. The number of benzene rings is 1. The Labute approximate surface area is 213 Å². The average molecular weight is 548 g/mol. The first-order chi connectivity index (χ1) is 16.7. The molecule has 1 aromatic rings. The molecule has 2 fully saturated rings. The van der Waals surface area contributed by atoms with Crippen molar-refractivity contribution in [3.63, 3.8) is 0 Å². The maximum absolute atomic E-state index is 13.5. The summed E-state index contributed by atoms with van der Waals surface area (Å²) in [6, 6.07) is 5.02. The fourth-order valence-corrected chi connectivity index (χ4v) is 6.32. The molecule has 0 radical (unpaired) electrons. The van der Waals surface area contributed by atoms with Crippen LogP contribution in [0, 0.1) is 17.8 Å². The monoisotopic (exact) mass is 547 g/mol. The summed E-state index contributed by atoms with van der Waals surface area (Å²) in [7, 11) is -1.20. The molecular formula is C25H31BBrNO7. The molecule has 0 aromatic heterocycles. The molecule has 3 N–H and O–H groups in total. The van der Waals surface area contributed by atoms with E-state index in [1.807, 2.05) is 6.92 Å². The van der Waals surface area contributed by atoms with E-state index in [9.17, 15) is 24.5 Å². The number of carbonyl (C=O) groups excluding carboxylic acids is 2. The number of amides is 2. The van der Waals surface area contributed by atoms with Crippen molar-refractivity contribution in [1.82, 2.24) is 4.90 Å². The van der Waals surface area contributed by atoms with Gasteiger partial charge in [-0.3, -0.25) is 19.3 Å². The summed E-state index contributed by atoms with van der Waals surface area (Å²) in [6.45, 7) is 2.32. The standard InChI is InChI=1S/C25H31BBrNO7/c1-2-6-14-11-18-22(25(33)28(24(18)32)10-5-3-4-7-21(30)31)17-13-20(35-26(34)23(14)17)16-12-15(27)8-9-19(16)29/h8-9,12,17-18,20,22,29,34H,2-7,10-11,13H2,1H3,(H,30,31)/t17-,18-,20-,22+/m0/s1. The molecular weight excluding hydrogens is 517 g/mol. The number of aromatic hydroxyl groups is 1. The number of carbonyl (C=O) groups is 3. The largest absolute Gasteiger partial charge is 0.508 e. The highest BCUT2D eigenvalue weighted by atomic mass is 79.9. The highest BCUT2D eigenvalue weighted by Crippen LogP contribution is 2.52. The Kier molecular flexibility index (Phi) is 8.03. The van der Waals surface area contributed by atoms with E-state index in [0.29, 0.717) is 37.7 Å². The lowest BCUT2D eigenvalue weighted by Gasteiger charge is -2.42. The van der Waals surface area contributed by atoms with Gasteiger partial charge in [0.25, 0.3) is 0 Å². The van der Waals surface area contributed by atoms with Crippen LogP contribution in [-0.4, -0.2) is 51.6 Å². The van der Waals surface area contributed by atoms with E-state index in [1.165, 1.54) is 4.90 Å². The summed E-state index contributed by atoms with van der Waals surface area (Å²) < 4.78 is 6.72. The normalized spacial score (nSPS) is 26.3. The van der Waals surface area contributed by atoms with E-state index in [-0.39, 0.29) is 36.4 Å². The van der Waals surface area contributed by atoms with E-state index in [2.05, 4.69) is 15.9 Å². The van der Waals surface area contributed by atoms with Gasteiger partial charge in [0.1, 0.15) is 5.75 Å². The predicted octanol–water partition coefficient (Wildman–Crippen LogP) is 4.00. The van der Waals surface area contributed by atoms with Gasteiger partial charge >= 0.3 is 13.1 Å². The Morgan fingerprint density at radius 3 is 2.69 bits per heavy atom. The topological polar surface area (TPSA) is 124 Å². The second-order valence-electron chi connectivity index (χ2n) is 9.70. The van der Waals surface area contributed by atoms with Crippen molar-refractivity contribution in [3.8, 4) is 5.75 Å². The highest BCUT2D eigenvalue weighted by molar-refractivity contribution is 9.10. The fraction of sp³-hybridized carbons (Fsp3) is 0.560. The maximum Gasteiger partial charge on any atom is 0.487 e. The van der Waals surface area contributed by atoms with Gasteiger partial charge in [-0.05, 0) is 61.7 Å². The van der Waals surface area contributed by atoms with Crippen molar-refractivity contribution in [2.24, 2.45) is 17.8 Å². The third kappa shape index (κ3) is 5.20. The summed E-state index contributed by atoms with van der Waals surface area (Å²) in [6.07, 6.45) is 3.55. The lowest BCUT2D eigenvalue weighted by atomic mass is 9.54. The Morgan fingerprint density at radius 1 is 1.20 bits per heavy atom. The first-order valence-corrected chi connectivity index (χ1v) is 13.1. The lowest BCUT2D eigenvalue weighted by Crippen LogP contribution is -2.45. The first kappa shape index (κ1) is 25.9. The van der Waals surface area contributed by atoms with Crippen LogP contribution in [0.3, 0.4) is 0 Å². The summed E-state index contributed by atoms with van der Waals surface area (Å²) in [5.41, 5.74) is 2.25. The van der Waals surface area contributed by atoms with Gasteiger partial charge < -0.3 is 19.9 Å². The van der Waals surface area contributed by atoms with Crippen LogP contribution in [-0.2, 0) is 19.0 Å². The van der Waals surface area contributed by atoms with Gasteiger partial charge in [0.2, 0.25) is 11.8 Å². The minimum atomic E-state index is -1.20. The van der Waals surface area contributed by atoms with Crippen molar-refractivity contribution in [2.45, 2.75) is 64.4 Å². The molecule has 35 heavy (non-hydrogen) atoms. The number of rotatable bonds is 9. The van der Waals surface area contributed by atoms with Crippen LogP contribution in [0.1, 0.15) is 70.0 Å². The van der Waals surface area contributed by atoms with Crippen molar-refractivity contribution < 1.29 is 34.3 Å². The van der Waals surface area contributed by atoms with Crippen LogP contribution < -0.4 is 0 Å². The fourth-order valence-electron chi connectivity index (χ4n) is 5.94. The number of hydrogen-bond donors (Lipinski definition) is 3. The van der Waals surface area contributed by atoms with E-state index in [4.69, 9.17) is 9.76 Å². The number of likely N-dealkylation sites (tertiary alicyclic amines) is 1. The van der Waals surface area contributed by atoms with Crippen molar-refractivity contribution in [2.75, 3.05) is 6.54 Å². The number of phenolic OH excluding ortho intramolecular Hbond substituents is 1. The molecule has 2 heterocycles. The number of unbranched alkanes of at least 4 members (excludes halogenated alkanes) is 2. The molecule has 1 aromatic carbocycles. The molecule has 2 aliphatic heterocycles. The molecule has 0 unspecified atom stereocenters. The van der Waals surface area contributed by atoms with Gasteiger partial charge in [0, 0.05) is 23.0 Å². The molecule has 3 aliphatic rings. The summed E-state index contributed by atoms with van der Waals surface area (Å²) in [4.78, 5) is 38.9. The molecule has 188 valence electrons. The number of aliphatic carboxylic acids is 1. The Bertz CT molecular complexity index is 1040. The first-order valence-electron chi connectivity index (χ1n) is 12.3. The van der Waals surface area contributed by atoms with Crippen LogP contribution >= 0.6 is 15.9 Å². The number of fused-ring (bicyclic) bond motifs is 3. The average Bonchev–Trinajstić information content (AvgIpc) is 3.04. The molecule has 2 amide bonds. The number of carboxylic acid groups (broad SMARTS) is 1. The van der Waals surface area contributed by atoms with Gasteiger partial charge in [-0.25, -0.2) is 0 Å². The Balaban J connectivity index is 1.59. The summed E-state index contributed by atoms with van der Waals surface area (Å²) in [5.74, 6) is -2.56. The minimum Gasteiger partial charge on any atom is -0.508 e. The number of carboxylic acids is 1. The van der Waals surface area contributed by atoms with Crippen LogP contribution in [0.4, 0.5) is 0 Å². The number of nitrogens with zero attached hydrogens (tertiary/aromatic N) is 1. The second-order valence-corrected chi connectivity index (χ2v) is 10.6. The highest BCUT2D eigenvalue weighted by Gasteiger charge is 2.57. The molecule has 0 bridgehead atoms. The molecule has 10 heteroatoms. The molecule has 2 saturated heterocycles. The van der Waals surface area contributed by atoms with E-state index in [0.717, 1.165) is 28.4 Å². The van der Waals surface area contributed by atoms with Gasteiger partial charge in [-0.15, -0.1) is 0 Å². The number of hydrogen-bond acceptors (Lipinski definition) is 6. The van der Waals surface area contributed by atoms with Crippen molar-refractivity contribution >= 4 is 40.8 Å². The Morgan fingerprint density at radius 2 is 1.97 bits per heavy atom. The van der Waals surface area contributed by atoms with Crippen LogP contribution in [0.15, 0.2) is 33.7 Å². The molecule has 0 saturated carbocycles. The molecule has 4 atom stereocenters. The van der Waals surface area contributed by atoms with Gasteiger partial charge in [0.05, 0.1) is 17.9 Å². The molecule has 1 aliphatic carbocycles. The smallest absolute Gasteiger partial charge is 0.487 e. The number of phenols is 1. The Hall–Kier alpha value is -2.17. The summed E-state index contributed by atoms with van der Waals surface area (Å²) >= 11 is 3.41. The van der Waals surface area contributed by atoms with Gasteiger partial charge in [-0.2, -0.15) is 0 Å². The van der Waals surface area contributed by atoms with E-state index >= 15 is 0 Å². The predicted molar refractivity (Wildman–Crippen MR) is 132 cm³/mol. The molecule has 0 spiro atoms. The molecule has 4 rings (SSSR count). The van der Waals surface area contributed by atoms with Crippen LogP contribution in [0.25, 0.3) is 0 Å². The second kappa shape index (κ2) is 10.8. The zero-order valence-corrected chi connectivity index (χ0v) is 21.4.